The molecule has 0 spiro atoms. The number of aromatic nitrogens is 1. The number of pyridine rings is 1. The zero-order chi connectivity index (χ0) is 18.5. The largest absolute Gasteiger partial charge is 0.495 e. The lowest BCUT2D eigenvalue weighted by atomic mass is 10.1. The number of amides is 1. The number of carbonyl (C=O) groups excluding carboxylic acids is 1. The molecule has 0 aliphatic heterocycles. The molecule has 1 heterocycles. The normalized spacial score (nSPS) is 10.7. The summed E-state index contributed by atoms with van der Waals surface area (Å²) in [6.45, 7) is 1.97. The second-order valence-electron chi connectivity index (χ2n) is 5.90. The molecule has 1 aromatic heterocycles. The van der Waals surface area contributed by atoms with E-state index in [1.165, 1.54) is 11.8 Å². The molecule has 134 valence electrons. The number of thioether (sulfide) groups is 1. The quantitative estimate of drug-likeness (QED) is 0.696. The van der Waals surface area contributed by atoms with Gasteiger partial charge in [0.15, 0.2) is 5.43 Å². The van der Waals surface area contributed by atoms with E-state index in [0.29, 0.717) is 22.6 Å². The molecule has 2 N–H and O–H groups in total. The van der Waals surface area contributed by atoms with E-state index in [9.17, 15) is 9.59 Å². The molecular formula is C20H20N2O3S. The van der Waals surface area contributed by atoms with Gasteiger partial charge in [-0.05, 0) is 30.7 Å². The van der Waals surface area contributed by atoms with Crippen LogP contribution in [-0.2, 0) is 10.5 Å². The van der Waals surface area contributed by atoms with Crippen LogP contribution in [0.4, 0.5) is 5.69 Å². The third kappa shape index (κ3) is 4.08. The molecule has 0 fully saturated rings. The predicted molar refractivity (Wildman–Crippen MR) is 107 cm³/mol. The number of anilines is 1. The van der Waals surface area contributed by atoms with E-state index in [1.54, 1.807) is 25.3 Å². The van der Waals surface area contributed by atoms with Crippen molar-refractivity contribution in [1.29, 1.82) is 0 Å². The molecule has 0 aliphatic rings. The molecule has 2 aromatic carbocycles. The topological polar surface area (TPSA) is 71.2 Å². The molecule has 26 heavy (non-hydrogen) atoms. The molecule has 0 saturated heterocycles. The van der Waals surface area contributed by atoms with Crippen LogP contribution in [0.15, 0.2) is 53.3 Å². The highest BCUT2D eigenvalue weighted by Crippen LogP contribution is 2.23. The second kappa shape index (κ2) is 8.10. The van der Waals surface area contributed by atoms with Gasteiger partial charge in [0.25, 0.3) is 0 Å². The first-order valence-electron chi connectivity index (χ1n) is 8.20. The fraction of sp³-hybridized carbons (Fsp3) is 0.200. The fourth-order valence-electron chi connectivity index (χ4n) is 2.74. The highest BCUT2D eigenvalue weighted by atomic mass is 32.2. The maximum absolute atomic E-state index is 12.2. The SMILES string of the molecule is COc1ccccc1NC(=O)CSCc1cc(=O)c2cccc(C)c2[nH]1. The Hall–Kier alpha value is -2.73. The Morgan fingerprint density at radius 2 is 2.00 bits per heavy atom. The molecule has 1 amide bonds. The van der Waals surface area contributed by atoms with E-state index in [0.717, 1.165) is 16.8 Å². The van der Waals surface area contributed by atoms with E-state index < -0.39 is 0 Å². The van der Waals surface area contributed by atoms with Crippen molar-refractivity contribution < 1.29 is 9.53 Å². The zero-order valence-electron chi connectivity index (χ0n) is 14.7. The molecule has 0 atom stereocenters. The maximum atomic E-state index is 12.2. The number of aromatic amines is 1. The van der Waals surface area contributed by atoms with Crippen LogP contribution in [0.25, 0.3) is 10.9 Å². The molecular weight excluding hydrogens is 348 g/mol. The number of ether oxygens (including phenoxy) is 1. The first-order chi connectivity index (χ1) is 12.6. The maximum Gasteiger partial charge on any atom is 0.234 e. The number of hydrogen-bond donors (Lipinski definition) is 2. The van der Waals surface area contributed by atoms with Crippen molar-refractivity contribution in [3.63, 3.8) is 0 Å². The number of para-hydroxylation sites is 3. The summed E-state index contributed by atoms with van der Waals surface area (Å²) < 4.78 is 5.22. The monoisotopic (exact) mass is 368 g/mol. The van der Waals surface area contributed by atoms with Crippen LogP contribution in [0, 0.1) is 6.92 Å². The number of hydrogen-bond acceptors (Lipinski definition) is 4. The van der Waals surface area contributed by atoms with Gasteiger partial charge in [0.2, 0.25) is 5.91 Å². The van der Waals surface area contributed by atoms with Crippen LogP contribution < -0.4 is 15.5 Å². The molecule has 6 heteroatoms. The summed E-state index contributed by atoms with van der Waals surface area (Å²) in [5.74, 6) is 1.35. The van der Waals surface area contributed by atoms with Gasteiger partial charge in [-0.2, -0.15) is 0 Å². The summed E-state index contributed by atoms with van der Waals surface area (Å²) in [7, 11) is 1.57. The van der Waals surface area contributed by atoms with Crippen LogP contribution in [0.3, 0.4) is 0 Å². The van der Waals surface area contributed by atoms with Gasteiger partial charge < -0.3 is 15.0 Å². The summed E-state index contributed by atoms with van der Waals surface area (Å²) in [5.41, 5.74) is 3.34. The van der Waals surface area contributed by atoms with Gasteiger partial charge in [0.1, 0.15) is 5.75 Å². The second-order valence-corrected chi connectivity index (χ2v) is 6.88. The van der Waals surface area contributed by atoms with Crippen molar-refractivity contribution in [2.45, 2.75) is 12.7 Å². The minimum absolute atomic E-state index is 0.00322. The van der Waals surface area contributed by atoms with Crippen molar-refractivity contribution in [1.82, 2.24) is 4.98 Å². The van der Waals surface area contributed by atoms with Crippen LogP contribution >= 0.6 is 11.8 Å². The van der Waals surface area contributed by atoms with E-state index >= 15 is 0 Å². The van der Waals surface area contributed by atoms with Gasteiger partial charge in [-0.25, -0.2) is 0 Å². The highest BCUT2D eigenvalue weighted by molar-refractivity contribution is 7.99. The van der Waals surface area contributed by atoms with E-state index in [2.05, 4.69) is 10.3 Å². The standard InChI is InChI=1S/C20H20N2O3S/c1-13-6-5-7-15-17(23)10-14(21-20(13)15)11-26-12-19(24)22-16-8-3-4-9-18(16)25-2/h3-10H,11-12H2,1-2H3,(H,21,23)(H,22,24). The van der Waals surface area contributed by atoms with Crippen molar-refractivity contribution in [2.75, 3.05) is 18.2 Å². The van der Waals surface area contributed by atoms with E-state index in [-0.39, 0.29) is 17.1 Å². The van der Waals surface area contributed by atoms with Crippen molar-refractivity contribution in [3.8, 4) is 5.75 Å². The van der Waals surface area contributed by atoms with Crippen LogP contribution in [-0.4, -0.2) is 23.8 Å². The van der Waals surface area contributed by atoms with Gasteiger partial charge in [-0.3, -0.25) is 9.59 Å². The molecule has 0 aliphatic carbocycles. The molecule has 0 saturated carbocycles. The number of fused-ring (bicyclic) bond motifs is 1. The molecule has 0 radical (unpaired) electrons. The molecule has 3 aromatic rings. The Morgan fingerprint density at radius 3 is 2.81 bits per heavy atom. The summed E-state index contributed by atoms with van der Waals surface area (Å²) in [6, 6.07) is 14.6. The number of H-pyrrole nitrogens is 1. The lowest BCUT2D eigenvalue weighted by molar-refractivity contribution is -0.113. The molecule has 5 nitrogen and oxygen atoms in total. The van der Waals surface area contributed by atoms with Gasteiger partial charge in [0, 0.05) is 22.9 Å². The molecule has 3 rings (SSSR count). The van der Waals surface area contributed by atoms with Crippen molar-refractivity contribution >= 4 is 34.3 Å². The van der Waals surface area contributed by atoms with Gasteiger partial charge >= 0.3 is 0 Å². The third-order valence-corrected chi connectivity index (χ3v) is 4.98. The Bertz CT molecular complexity index is 998. The van der Waals surface area contributed by atoms with Gasteiger partial charge in [-0.1, -0.05) is 24.3 Å². The summed E-state index contributed by atoms with van der Waals surface area (Å²) in [4.78, 5) is 27.7. The van der Waals surface area contributed by atoms with E-state index in [1.807, 2.05) is 37.3 Å². The smallest absolute Gasteiger partial charge is 0.234 e. The summed E-state index contributed by atoms with van der Waals surface area (Å²) in [5, 5.41) is 3.53. The number of rotatable bonds is 6. The number of benzene rings is 2. The third-order valence-electron chi connectivity index (χ3n) is 4.00. The average molecular weight is 368 g/mol. The van der Waals surface area contributed by atoms with Crippen molar-refractivity contribution in [2.24, 2.45) is 0 Å². The predicted octanol–water partition coefficient (Wildman–Crippen LogP) is 3.72. The lowest BCUT2D eigenvalue weighted by Crippen LogP contribution is -2.15. The zero-order valence-corrected chi connectivity index (χ0v) is 15.5. The average Bonchev–Trinajstić information content (AvgIpc) is 2.63. The van der Waals surface area contributed by atoms with Crippen LogP contribution in [0.5, 0.6) is 5.75 Å². The fourth-order valence-corrected chi connectivity index (χ4v) is 3.47. The minimum Gasteiger partial charge on any atom is -0.495 e. The van der Waals surface area contributed by atoms with Crippen molar-refractivity contribution in [3.05, 3.63) is 70.0 Å². The number of nitrogens with one attached hydrogen (secondary N) is 2. The Labute approximate surface area is 155 Å². The molecule has 0 bridgehead atoms. The highest BCUT2D eigenvalue weighted by Gasteiger charge is 2.08. The van der Waals surface area contributed by atoms with Crippen LogP contribution in [0.2, 0.25) is 0 Å². The minimum atomic E-state index is -0.112. The Morgan fingerprint density at radius 1 is 1.19 bits per heavy atom. The van der Waals surface area contributed by atoms with Gasteiger partial charge in [0.05, 0.1) is 24.1 Å². The first-order valence-corrected chi connectivity index (χ1v) is 9.36. The summed E-state index contributed by atoms with van der Waals surface area (Å²) >= 11 is 1.45. The van der Waals surface area contributed by atoms with E-state index in [4.69, 9.17) is 4.74 Å². The number of methoxy groups -OCH3 is 1. The number of carbonyl (C=O) groups is 1. The first kappa shape index (κ1) is 18.1. The Balaban J connectivity index is 1.63. The molecule has 0 unspecified atom stereocenters. The van der Waals surface area contributed by atoms with Gasteiger partial charge in [-0.15, -0.1) is 11.8 Å². The summed E-state index contributed by atoms with van der Waals surface area (Å²) in [6.07, 6.45) is 0. The number of aryl methyl sites for hydroxylation is 1. The lowest BCUT2D eigenvalue weighted by Gasteiger charge is -2.10. The Kier molecular flexibility index (Phi) is 5.63. The van der Waals surface area contributed by atoms with Crippen LogP contribution in [0.1, 0.15) is 11.3 Å².